The fourth-order valence-corrected chi connectivity index (χ4v) is 2.52. The van der Waals surface area contributed by atoms with Crippen molar-refractivity contribution in [1.82, 2.24) is 4.98 Å². The average molecular weight is 232 g/mol. The molecule has 0 saturated heterocycles. The summed E-state index contributed by atoms with van der Waals surface area (Å²) in [7, 11) is 0. The Kier molecular flexibility index (Phi) is 1.92. The SMILES string of the molecule is c1ccc2c(c1)CC(c1cc3ccccc3[nH]1)=N2. The van der Waals surface area contributed by atoms with Gasteiger partial charge in [-0.15, -0.1) is 0 Å². The molecule has 2 heteroatoms. The van der Waals surface area contributed by atoms with Crippen LogP contribution in [0, 0.1) is 0 Å². The summed E-state index contributed by atoms with van der Waals surface area (Å²) in [4.78, 5) is 8.14. The minimum atomic E-state index is 0.920. The van der Waals surface area contributed by atoms with Gasteiger partial charge in [-0.2, -0.15) is 0 Å². The Morgan fingerprint density at radius 2 is 1.78 bits per heavy atom. The van der Waals surface area contributed by atoms with Crippen LogP contribution in [-0.4, -0.2) is 10.7 Å². The van der Waals surface area contributed by atoms with E-state index < -0.39 is 0 Å². The van der Waals surface area contributed by atoms with E-state index in [0.717, 1.165) is 23.5 Å². The number of aliphatic imine (C=N–C) groups is 1. The third-order valence-electron chi connectivity index (χ3n) is 3.45. The molecule has 0 saturated carbocycles. The lowest BCUT2D eigenvalue weighted by Crippen LogP contribution is -2.00. The van der Waals surface area contributed by atoms with Crippen molar-refractivity contribution in [1.29, 1.82) is 0 Å². The highest BCUT2D eigenvalue weighted by Crippen LogP contribution is 2.29. The summed E-state index contributed by atoms with van der Waals surface area (Å²) in [5.41, 5.74) is 5.85. The summed E-state index contributed by atoms with van der Waals surface area (Å²) < 4.78 is 0. The Bertz CT molecular complexity index is 732. The number of fused-ring (bicyclic) bond motifs is 2. The molecule has 18 heavy (non-hydrogen) atoms. The van der Waals surface area contributed by atoms with Gasteiger partial charge in [0.15, 0.2) is 0 Å². The van der Waals surface area contributed by atoms with Crippen molar-refractivity contribution >= 4 is 22.3 Å². The average Bonchev–Trinajstić information content (AvgIpc) is 3.02. The number of benzene rings is 2. The highest BCUT2D eigenvalue weighted by atomic mass is 14.8. The second-order valence-electron chi connectivity index (χ2n) is 4.63. The van der Waals surface area contributed by atoms with E-state index in [-0.39, 0.29) is 0 Å². The van der Waals surface area contributed by atoms with Crippen molar-refractivity contribution < 1.29 is 0 Å². The number of para-hydroxylation sites is 2. The molecule has 3 aromatic rings. The lowest BCUT2D eigenvalue weighted by Gasteiger charge is -1.94. The zero-order chi connectivity index (χ0) is 11.9. The van der Waals surface area contributed by atoms with Crippen LogP contribution in [-0.2, 0) is 6.42 Å². The first-order valence-electron chi connectivity index (χ1n) is 6.14. The molecule has 0 aliphatic carbocycles. The molecule has 0 radical (unpaired) electrons. The van der Waals surface area contributed by atoms with Gasteiger partial charge in [0.2, 0.25) is 0 Å². The van der Waals surface area contributed by atoms with E-state index in [9.17, 15) is 0 Å². The van der Waals surface area contributed by atoms with E-state index in [2.05, 4.69) is 47.4 Å². The molecule has 2 heterocycles. The third-order valence-corrected chi connectivity index (χ3v) is 3.45. The van der Waals surface area contributed by atoms with E-state index in [0.29, 0.717) is 0 Å². The van der Waals surface area contributed by atoms with Gasteiger partial charge in [0.05, 0.1) is 17.1 Å². The Morgan fingerprint density at radius 3 is 2.67 bits per heavy atom. The first-order chi connectivity index (χ1) is 8.90. The summed E-state index contributed by atoms with van der Waals surface area (Å²) in [5.74, 6) is 0. The van der Waals surface area contributed by atoms with E-state index >= 15 is 0 Å². The number of hydrogen-bond donors (Lipinski definition) is 1. The first kappa shape index (κ1) is 9.66. The van der Waals surface area contributed by atoms with Gasteiger partial charge in [0.1, 0.15) is 0 Å². The lowest BCUT2D eigenvalue weighted by molar-refractivity contribution is 1.34. The van der Waals surface area contributed by atoms with E-state index in [1.807, 2.05) is 12.1 Å². The standard InChI is InChI=1S/C16H12N2/c1-3-7-13-11(5-1)9-15(17-13)16-10-12-6-2-4-8-14(12)18-16/h1-9,17H,10H2. The normalized spacial score (nSPS) is 13.7. The van der Waals surface area contributed by atoms with Crippen LogP contribution in [0.2, 0.25) is 0 Å². The monoisotopic (exact) mass is 232 g/mol. The second-order valence-corrected chi connectivity index (χ2v) is 4.63. The van der Waals surface area contributed by atoms with E-state index in [1.165, 1.54) is 16.5 Å². The summed E-state index contributed by atoms with van der Waals surface area (Å²) in [6.45, 7) is 0. The molecule has 0 amide bonds. The molecule has 4 rings (SSSR count). The van der Waals surface area contributed by atoms with Crippen LogP contribution in [0.3, 0.4) is 0 Å². The van der Waals surface area contributed by atoms with Gasteiger partial charge in [0, 0.05) is 17.3 Å². The van der Waals surface area contributed by atoms with Gasteiger partial charge in [-0.25, -0.2) is 0 Å². The van der Waals surface area contributed by atoms with Crippen LogP contribution in [0.4, 0.5) is 5.69 Å². The number of rotatable bonds is 1. The van der Waals surface area contributed by atoms with Gasteiger partial charge in [-0.3, -0.25) is 4.99 Å². The predicted octanol–water partition coefficient (Wildman–Crippen LogP) is 3.84. The number of aromatic nitrogens is 1. The highest BCUT2D eigenvalue weighted by Gasteiger charge is 2.16. The van der Waals surface area contributed by atoms with Crippen LogP contribution in [0.25, 0.3) is 10.9 Å². The molecule has 0 unspecified atom stereocenters. The molecule has 2 aromatic carbocycles. The maximum absolute atomic E-state index is 4.70. The molecule has 1 aliphatic heterocycles. The second kappa shape index (κ2) is 3.57. The van der Waals surface area contributed by atoms with Crippen LogP contribution < -0.4 is 0 Å². The van der Waals surface area contributed by atoms with Gasteiger partial charge in [-0.1, -0.05) is 36.4 Å². The fraction of sp³-hybridized carbons (Fsp3) is 0.0625. The molecule has 1 aromatic heterocycles. The van der Waals surface area contributed by atoms with Crippen LogP contribution in [0.15, 0.2) is 59.6 Å². The fourth-order valence-electron chi connectivity index (χ4n) is 2.52. The number of nitrogens with zero attached hydrogens (tertiary/aromatic N) is 1. The maximum Gasteiger partial charge on any atom is 0.0690 e. The highest BCUT2D eigenvalue weighted by molar-refractivity contribution is 6.07. The molecule has 86 valence electrons. The van der Waals surface area contributed by atoms with Crippen molar-refractivity contribution in [3.8, 4) is 0 Å². The van der Waals surface area contributed by atoms with Crippen LogP contribution in [0.1, 0.15) is 11.3 Å². The van der Waals surface area contributed by atoms with Gasteiger partial charge in [0.25, 0.3) is 0 Å². The molecule has 0 fully saturated rings. The van der Waals surface area contributed by atoms with E-state index in [1.54, 1.807) is 0 Å². The summed E-state index contributed by atoms with van der Waals surface area (Å²) >= 11 is 0. The smallest absolute Gasteiger partial charge is 0.0690 e. The molecular formula is C16H12N2. The summed E-state index contributed by atoms with van der Waals surface area (Å²) in [6, 6.07) is 18.8. The van der Waals surface area contributed by atoms with Crippen molar-refractivity contribution in [2.45, 2.75) is 6.42 Å². The lowest BCUT2D eigenvalue weighted by atomic mass is 10.1. The van der Waals surface area contributed by atoms with Crippen LogP contribution in [0.5, 0.6) is 0 Å². The van der Waals surface area contributed by atoms with Crippen molar-refractivity contribution in [2.24, 2.45) is 4.99 Å². The Labute approximate surface area is 105 Å². The molecule has 0 spiro atoms. The topological polar surface area (TPSA) is 28.1 Å². The van der Waals surface area contributed by atoms with Crippen LogP contribution >= 0.6 is 0 Å². The zero-order valence-electron chi connectivity index (χ0n) is 9.85. The third kappa shape index (κ3) is 1.39. The van der Waals surface area contributed by atoms with E-state index in [4.69, 9.17) is 4.99 Å². The Morgan fingerprint density at radius 1 is 0.944 bits per heavy atom. The number of hydrogen-bond acceptors (Lipinski definition) is 1. The minimum Gasteiger partial charge on any atom is -0.354 e. The largest absolute Gasteiger partial charge is 0.354 e. The Hall–Kier alpha value is -2.35. The molecule has 2 nitrogen and oxygen atoms in total. The maximum atomic E-state index is 4.70. The number of aromatic amines is 1. The van der Waals surface area contributed by atoms with Crippen molar-refractivity contribution in [3.63, 3.8) is 0 Å². The minimum absolute atomic E-state index is 0.920. The van der Waals surface area contributed by atoms with Gasteiger partial charge in [-0.05, 0) is 23.8 Å². The molecule has 1 aliphatic rings. The van der Waals surface area contributed by atoms with Gasteiger partial charge >= 0.3 is 0 Å². The zero-order valence-corrected chi connectivity index (χ0v) is 9.85. The van der Waals surface area contributed by atoms with Gasteiger partial charge < -0.3 is 4.98 Å². The predicted molar refractivity (Wildman–Crippen MR) is 74.6 cm³/mol. The van der Waals surface area contributed by atoms with Crippen molar-refractivity contribution in [3.05, 3.63) is 65.9 Å². The number of nitrogens with one attached hydrogen (secondary N) is 1. The molecule has 0 bridgehead atoms. The first-order valence-corrected chi connectivity index (χ1v) is 6.14. The molecule has 1 N–H and O–H groups in total. The molecular weight excluding hydrogens is 220 g/mol. The number of H-pyrrole nitrogens is 1. The molecule has 0 atom stereocenters. The quantitative estimate of drug-likeness (QED) is 0.660. The summed E-state index contributed by atoms with van der Waals surface area (Å²) in [5, 5.41) is 1.24. The summed E-state index contributed by atoms with van der Waals surface area (Å²) in [6.07, 6.45) is 0.920. The van der Waals surface area contributed by atoms with Crippen molar-refractivity contribution in [2.75, 3.05) is 0 Å². The Balaban J connectivity index is 1.82.